The molecule has 9 heteroatoms. The first-order valence-corrected chi connectivity index (χ1v) is 44.0. The summed E-state index contributed by atoms with van der Waals surface area (Å²) in [6, 6.07) is 101. The number of nitrogens with zero attached hydrogens (tertiary/aromatic N) is 8. The molecule has 0 saturated carbocycles. The Morgan fingerprint density at radius 3 is 1.05 bits per heavy atom. The van der Waals surface area contributed by atoms with Gasteiger partial charge in [0, 0.05) is 133 Å². The molecule has 0 unspecified atom stereocenters. The lowest BCUT2D eigenvalue weighted by atomic mass is 9.87. The first kappa shape index (κ1) is 79.7. The van der Waals surface area contributed by atoms with Crippen molar-refractivity contribution in [3.63, 3.8) is 0 Å². The van der Waals surface area contributed by atoms with Crippen LogP contribution in [0, 0.1) is 68.1 Å². The number of benzene rings is 12. The summed E-state index contributed by atoms with van der Waals surface area (Å²) in [5.41, 5.74) is 36.9. The first-order chi connectivity index (χ1) is 64.7. The van der Waals surface area contributed by atoms with E-state index in [-0.39, 0.29) is 18.0 Å². The Labute approximate surface area is 765 Å². The molecular weight excluding hydrogens is 1570 g/mol. The summed E-state index contributed by atoms with van der Waals surface area (Å²) in [5, 5.41) is 7.69. The molecule has 0 bridgehead atoms. The van der Waals surface area contributed by atoms with Crippen molar-refractivity contribution >= 4 is 43.1 Å². The molecule has 0 spiro atoms. The van der Waals surface area contributed by atoms with Gasteiger partial charge in [-0.3, -0.25) is 19.9 Å². The molecule has 0 atom stereocenters. The number of halogens is 1. The van der Waals surface area contributed by atoms with Gasteiger partial charge in [0.05, 0.1) is 38.2 Å². The van der Waals surface area contributed by atoms with E-state index in [1.807, 2.05) is 167 Å². The molecule has 630 valence electrons. The van der Waals surface area contributed by atoms with Crippen molar-refractivity contribution in [3.8, 4) is 134 Å². The van der Waals surface area contributed by atoms with Crippen molar-refractivity contribution in [3.05, 3.63) is 433 Å². The third-order valence-corrected chi connectivity index (χ3v) is 25.2. The van der Waals surface area contributed by atoms with Crippen LogP contribution in [0.5, 0.6) is 0 Å². The average molecular weight is 1690 g/mol. The Bertz CT molecular complexity index is 7880. The Morgan fingerprint density at radius 1 is 0.279 bits per heavy atom. The van der Waals surface area contributed by atoms with E-state index < -0.39 is 0 Å². The van der Waals surface area contributed by atoms with E-state index in [9.17, 15) is 4.39 Å². The minimum Gasteiger partial charge on any atom is -0.264 e. The van der Waals surface area contributed by atoms with Crippen molar-refractivity contribution < 1.29 is 29.5 Å². The lowest BCUT2D eigenvalue weighted by Gasteiger charge is -2.17. The highest BCUT2D eigenvalue weighted by atomic mass is 19.1. The molecule has 0 amide bonds. The van der Waals surface area contributed by atoms with Crippen LogP contribution >= 0.6 is 0 Å². The monoisotopic (exact) mass is 1680 g/mol. The number of aryl methyl sites for hydroxylation is 5. The van der Waals surface area contributed by atoms with Crippen LogP contribution in [0.2, 0.25) is 0 Å². The molecule has 0 fully saturated rings. The zero-order chi connectivity index (χ0) is 94.0. The molecule has 0 radical (unpaired) electrons. The fraction of sp³-hybridized carbons (Fsp3) is 0.133. The molecule has 8 heterocycles. The van der Waals surface area contributed by atoms with Crippen LogP contribution in [0.25, 0.3) is 177 Å². The number of pyridine rings is 8. The van der Waals surface area contributed by atoms with Gasteiger partial charge in [0.15, 0.2) is 23.3 Å². The Morgan fingerprint density at radius 2 is 0.636 bits per heavy atom. The molecule has 129 heavy (non-hydrogen) atoms. The number of hydrogen-bond acceptors (Lipinski definition) is 4. The van der Waals surface area contributed by atoms with Gasteiger partial charge in [0.25, 0.3) is 0 Å². The highest BCUT2D eigenvalue weighted by molar-refractivity contribution is 6.01. The van der Waals surface area contributed by atoms with Crippen LogP contribution in [0.3, 0.4) is 0 Å². The molecule has 20 rings (SSSR count). The van der Waals surface area contributed by atoms with E-state index in [1.54, 1.807) is 30.9 Å². The average Bonchev–Trinajstić information content (AvgIpc) is 0.764. The summed E-state index contributed by atoms with van der Waals surface area (Å²) >= 11 is 0. The van der Waals surface area contributed by atoms with E-state index in [4.69, 9.17) is 6.85 Å². The predicted molar refractivity (Wildman–Crippen MR) is 534 cm³/mol. The normalized spacial score (nSPS) is 11.7. The lowest BCUT2D eigenvalue weighted by Crippen LogP contribution is -2.35. The topological polar surface area (TPSA) is 67.1 Å². The minimum atomic E-state index is -0.234. The maximum absolute atomic E-state index is 15.0. The van der Waals surface area contributed by atoms with Gasteiger partial charge >= 0.3 is 0 Å². The van der Waals surface area contributed by atoms with Gasteiger partial charge in [-0.15, -0.1) is 0 Å². The van der Waals surface area contributed by atoms with Crippen LogP contribution in [0.1, 0.15) is 82.6 Å². The first-order valence-electron chi connectivity index (χ1n) is 46.5. The zero-order valence-corrected chi connectivity index (χ0v) is 75.9. The van der Waals surface area contributed by atoms with Gasteiger partial charge in [0.2, 0.25) is 22.8 Å². The number of fused-ring (bicyclic) bond motifs is 4. The number of rotatable bonds is 13. The molecule has 0 aliphatic heterocycles. The van der Waals surface area contributed by atoms with Crippen LogP contribution in [0.4, 0.5) is 4.39 Å². The molecule has 0 aliphatic carbocycles. The van der Waals surface area contributed by atoms with Crippen molar-refractivity contribution in [2.24, 2.45) is 28.2 Å². The molecular formula is C120H107FN8+4. The minimum absolute atomic E-state index is 0.200. The largest absolute Gasteiger partial charge is 0.264 e. The van der Waals surface area contributed by atoms with E-state index >= 15 is 0 Å². The summed E-state index contributed by atoms with van der Waals surface area (Å²) in [6.45, 7) is 23.3. The van der Waals surface area contributed by atoms with Gasteiger partial charge in [-0.1, -0.05) is 202 Å². The van der Waals surface area contributed by atoms with Gasteiger partial charge in [-0.05, 0) is 272 Å². The second-order valence-electron chi connectivity index (χ2n) is 34.0. The van der Waals surface area contributed by atoms with Gasteiger partial charge in [0.1, 0.15) is 35.4 Å². The maximum Gasteiger partial charge on any atom is 0.220 e. The van der Waals surface area contributed by atoms with Crippen molar-refractivity contribution in [1.82, 2.24) is 19.9 Å². The van der Waals surface area contributed by atoms with Crippen LogP contribution in [0.15, 0.2) is 371 Å². The van der Waals surface area contributed by atoms with Crippen LogP contribution < -0.4 is 18.3 Å². The van der Waals surface area contributed by atoms with Gasteiger partial charge in [-0.25, -0.2) is 8.96 Å². The molecule has 20 aromatic rings. The van der Waals surface area contributed by atoms with E-state index in [0.29, 0.717) is 29.6 Å². The van der Waals surface area contributed by atoms with E-state index in [0.717, 1.165) is 155 Å². The highest BCUT2D eigenvalue weighted by Crippen LogP contribution is 2.42. The second kappa shape index (κ2) is 37.5. The summed E-state index contributed by atoms with van der Waals surface area (Å²) in [7, 11) is 7.99. The van der Waals surface area contributed by atoms with Crippen molar-refractivity contribution in [1.29, 1.82) is 0 Å². The summed E-state index contributed by atoms with van der Waals surface area (Å²) in [6.07, 6.45) is 14.7. The Kier molecular flexibility index (Phi) is 23.2. The Hall–Kier alpha value is -15.2. The SMILES string of the molecule is [2H]c1c(C)[n+](C)c(-c2cc(-c3ccccc3)c(F)cc2C)c2ccc(-c3cccnc3)cc12.[2H]c1c(C)[n+](C)c(-c2ccc(-c3c(C)cccc3C)cc2C)c2ccc(-c3cccnc3)cc12.[2H]c1c(C)[n+](C)c(-c2ccc(-c3ccccc3)cc2C)c2ccc(-c3cccnc3)cc12.[2H]c1c([2H])[n+](C)c(-c2cc(-c3ccccc3)cc(C(C)C)c2C)c2ccc(-c3cccnc3)cc12. The van der Waals surface area contributed by atoms with Crippen molar-refractivity contribution in [2.45, 2.75) is 82.1 Å². The highest BCUT2D eigenvalue weighted by Gasteiger charge is 2.28. The predicted octanol–water partition coefficient (Wildman–Crippen LogP) is 28.3. The van der Waals surface area contributed by atoms with Crippen molar-refractivity contribution in [2.75, 3.05) is 0 Å². The second-order valence-corrected chi connectivity index (χ2v) is 34.0. The molecule has 12 aromatic carbocycles. The number of aromatic nitrogens is 8. The third-order valence-electron chi connectivity index (χ3n) is 25.2. The quantitative estimate of drug-likeness (QED) is 0.108. The molecule has 0 saturated heterocycles. The van der Waals surface area contributed by atoms with E-state index in [1.165, 1.54) is 72.3 Å². The van der Waals surface area contributed by atoms with Gasteiger partial charge in [-0.2, -0.15) is 13.7 Å². The molecule has 8 nitrogen and oxygen atoms in total. The summed E-state index contributed by atoms with van der Waals surface area (Å²) in [4.78, 5) is 17.0. The molecule has 0 N–H and O–H groups in total. The summed E-state index contributed by atoms with van der Waals surface area (Å²) in [5.74, 6) is 0.124. The lowest BCUT2D eigenvalue weighted by molar-refractivity contribution is -0.665. The standard InChI is InChI=1S/2C31H29N2.C29H24FN2.C29H25N2/c1-20-8-6-9-21(2)30(20)25-12-13-28(22(3)16-25)31-29-14-11-24(26-10-7-15-32-19-26)18-27(29)17-23(4)33(31)5;1-21(2)29-18-27(23-9-6-5-7-10-23)19-30(22(29)3)31-28-13-12-24(26-11-8-15-32-20-26)17-25(28)14-16-33(31)4;1-19-14-28(30)27(21-8-5-4-6-9-21)17-26(19)29-25-12-11-22(23-10-7-13-31-18-23)16-24(25)15-20(2)32(29)3;1-20-16-23(22-8-5-4-6-9-22)11-13-27(20)29-28-14-12-24(25-10-7-15-30-19-25)18-26(28)17-21(2)31(29)3/h6-19H,1-5H3;5-21H,1-4H3;4-18H,1-3H3;4-19H,1-3H3/q4*+1/i17D;14D,16D;15D;17D. The molecule has 8 aromatic heterocycles. The van der Waals surface area contributed by atoms with Gasteiger partial charge < -0.3 is 0 Å². The Balaban J connectivity index is 0.000000124. The smallest absolute Gasteiger partial charge is 0.220 e. The van der Waals surface area contributed by atoms with E-state index in [2.05, 4.69) is 286 Å². The fourth-order valence-corrected chi connectivity index (χ4v) is 18.1. The number of hydrogen-bond donors (Lipinski definition) is 0. The van der Waals surface area contributed by atoms with Crippen LogP contribution in [-0.4, -0.2) is 19.9 Å². The summed E-state index contributed by atoms with van der Waals surface area (Å²) < 4.78 is 67.2. The molecule has 0 aliphatic rings. The maximum atomic E-state index is 15.0. The zero-order valence-electron chi connectivity index (χ0n) is 80.9. The fourth-order valence-electron chi connectivity index (χ4n) is 18.1. The third kappa shape index (κ3) is 17.9. The van der Waals surface area contributed by atoms with Crippen LogP contribution in [-0.2, 0) is 28.2 Å².